The molecule has 1 fully saturated rings. The molecule has 0 saturated heterocycles. The summed E-state index contributed by atoms with van der Waals surface area (Å²) in [6.07, 6.45) is 2.63. The molecule has 2 aromatic rings. The van der Waals surface area contributed by atoms with Gasteiger partial charge in [0, 0.05) is 5.56 Å². The average molecular weight is 239 g/mol. The quantitative estimate of drug-likeness (QED) is 0.813. The van der Waals surface area contributed by atoms with Gasteiger partial charge in [-0.2, -0.15) is 0 Å². The number of fused-ring (bicyclic) bond motifs is 1. The van der Waals surface area contributed by atoms with E-state index in [-0.39, 0.29) is 5.78 Å². The van der Waals surface area contributed by atoms with Crippen molar-refractivity contribution < 1.29 is 4.79 Å². The molecule has 2 heteroatoms. The average Bonchev–Trinajstić information content (AvgIpc) is 3.22. The zero-order chi connectivity index (χ0) is 12.4. The molecule has 2 aromatic carbocycles. The van der Waals surface area contributed by atoms with Gasteiger partial charge >= 0.3 is 0 Å². The van der Waals surface area contributed by atoms with Crippen molar-refractivity contribution in [3.63, 3.8) is 0 Å². The van der Waals surface area contributed by atoms with Gasteiger partial charge in [-0.15, -0.1) is 0 Å². The van der Waals surface area contributed by atoms with Crippen LogP contribution in [0.3, 0.4) is 0 Å². The molecule has 0 bridgehead atoms. The molecule has 3 rings (SSSR count). The molecule has 92 valence electrons. The van der Waals surface area contributed by atoms with Crippen molar-refractivity contribution in [2.45, 2.75) is 12.8 Å². The summed E-state index contributed by atoms with van der Waals surface area (Å²) < 4.78 is 0. The molecule has 1 N–H and O–H groups in total. The highest BCUT2D eigenvalue weighted by Gasteiger charge is 2.20. The third-order valence-corrected chi connectivity index (χ3v) is 3.49. The highest BCUT2D eigenvalue weighted by Crippen LogP contribution is 2.27. The summed E-state index contributed by atoms with van der Waals surface area (Å²) in [6.45, 7) is 1.44. The summed E-state index contributed by atoms with van der Waals surface area (Å²) in [5.74, 6) is 0.996. The van der Waals surface area contributed by atoms with E-state index in [2.05, 4.69) is 11.4 Å². The number of hydrogen-bond donors (Lipinski definition) is 1. The molecule has 1 aliphatic rings. The molecule has 1 aliphatic carbocycles. The van der Waals surface area contributed by atoms with Gasteiger partial charge in [-0.3, -0.25) is 4.79 Å². The molecule has 0 atom stereocenters. The van der Waals surface area contributed by atoms with Crippen LogP contribution in [0, 0.1) is 5.92 Å². The van der Waals surface area contributed by atoms with Gasteiger partial charge < -0.3 is 5.32 Å². The van der Waals surface area contributed by atoms with Crippen LogP contribution in [0.4, 0.5) is 0 Å². The van der Waals surface area contributed by atoms with Crippen molar-refractivity contribution in [2.24, 2.45) is 5.92 Å². The van der Waals surface area contributed by atoms with Gasteiger partial charge in [0.05, 0.1) is 6.54 Å². The van der Waals surface area contributed by atoms with E-state index in [0.29, 0.717) is 6.54 Å². The lowest BCUT2D eigenvalue weighted by Gasteiger charge is -2.04. The van der Waals surface area contributed by atoms with Gasteiger partial charge in [0.15, 0.2) is 5.78 Å². The minimum Gasteiger partial charge on any atom is -0.309 e. The van der Waals surface area contributed by atoms with Crippen LogP contribution in [-0.2, 0) is 0 Å². The van der Waals surface area contributed by atoms with E-state index in [4.69, 9.17) is 0 Å². The summed E-state index contributed by atoms with van der Waals surface area (Å²) in [5, 5.41) is 5.55. The lowest BCUT2D eigenvalue weighted by molar-refractivity contribution is 0.0991. The Hall–Kier alpha value is -1.67. The zero-order valence-corrected chi connectivity index (χ0v) is 10.4. The predicted octanol–water partition coefficient (Wildman–Crippen LogP) is 3.02. The van der Waals surface area contributed by atoms with Crippen molar-refractivity contribution >= 4 is 16.6 Å². The van der Waals surface area contributed by atoms with Gasteiger partial charge in [0.2, 0.25) is 0 Å². The molecule has 0 radical (unpaired) electrons. The van der Waals surface area contributed by atoms with Crippen LogP contribution in [0.5, 0.6) is 0 Å². The van der Waals surface area contributed by atoms with E-state index < -0.39 is 0 Å². The maximum Gasteiger partial charge on any atom is 0.176 e. The molecule has 0 amide bonds. The van der Waals surface area contributed by atoms with E-state index in [1.54, 1.807) is 0 Å². The van der Waals surface area contributed by atoms with Gasteiger partial charge in [-0.1, -0.05) is 36.4 Å². The van der Waals surface area contributed by atoms with Crippen LogP contribution in [0.15, 0.2) is 42.5 Å². The molecule has 1 saturated carbocycles. The molecular weight excluding hydrogens is 222 g/mol. The number of rotatable bonds is 5. The minimum atomic E-state index is 0.182. The van der Waals surface area contributed by atoms with Crippen molar-refractivity contribution in [3.8, 4) is 0 Å². The first kappa shape index (κ1) is 11.4. The second-order valence-corrected chi connectivity index (χ2v) is 5.06. The van der Waals surface area contributed by atoms with Crippen LogP contribution in [-0.4, -0.2) is 18.9 Å². The van der Waals surface area contributed by atoms with E-state index >= 15 is 0 Å². The molecule has 0 aromatic heterocycles. The number of hydrogen-bond acceptors (Lipinski definition) is 2. The summed E-state index contributed by atoms with van der Waals surface area (Å²) in [7, 11) is 0. The van der Waals surface area contributed by atoms with Crippen LogP contribution in [0.1, 0.15) is 23.2 Å². The largest absolute Gasteiger partial charge is 0.309 e. The van der Waals surface area contributed by atoms with E-state index in [0.717, 1.165) is 23.4 Å². The van der Waals surface area contributed by atoms with Gasteiger partial charge in [-0.25, -0.2) is 0 Å². The minimum absolute atomic E-state index is 0.182. The van der Waals surface area contributed by atoms with Gasteiger partial charge in [0.25, 0.3) is 0 Å². The van der Waals surface area contributed by atoms with Gasteiger partial charge in [0.1, 0.15) is 0 Å². The number of Topliss-reactive ketones (excluding diaryl/α,β-unsaturated/α-hetero) is 1. The van der Waals surface area contributed by atoms with Crippen molar-refractivity contribution in [3.05, 3.63) is 48.0 Å². The predicted molar refractivity (Wildman–Crippen MR) is 73.9 cm³/mol. The van der Waals surface area contributed by atoms with E-state index in [1.807, 2.05) is 36.4 Å². The van der Waals surface area contributed by atoms with Crippen LogP contribution < -0.4 is 5.32 Å². The smallest absolute Gasteiger partial charge is 0.176 e. The normalized spacial score (nSPS) is 14.9. The molecule has 18 heavy (non-hydrogen) atoms. The summed E-state index contributed by atoms with van der Waals surface area (Å²) >= 11 is 0. The van der Waals surface area contributed by atoms with E-state index in [1.165, 1.54) is 18.2 Å². The number of carbonyl (C=O) groups is 1. The zero-order valence-electron chi connectivity index (χ0n) is 10.4. The number of benzene rings is 2. The summed E-state index contributed by atoms with van der Waals surface area (Å²) in [5.41, 5.74) is 0.803. The van der Waals surface area contributed by atoms with Crippen LogP contribution >= 0.6 is 0 Å². The fourth-order valence-electron chi connectivity index (χ4n) is 2.18. The summed E-state index contributed by atoms with van der Waals surface area (Å²) in [6, 6.07) is 14.0. The Labute approximate surface area is 107 Å². The lowest BCUT2D eigenvalue weighted by atomic mass is 10.0. The van der Waals surface area contributed by atoms with Gasteiger partial charge in [-0.05, 0) is 42.1 Å². The second kappa shape index (κ2) is 4.91. The van der Waals surface area contributed by atoms with Crippen LogP contribution in [0.2, 0.25) is 0 Å². The number of ketones is 1. The Balaban J connectivity index is 1.69. The van der Waals surface area contributed by atoms with Crippen LogP contribution in [0.25, 0.3) is 10.8 Å². The number of nitrogens with one attached hydrogen (secondary N) is 1. The van der Waals surface area contributed by atoms with E-state index in [9.17, 15) is 4.79 Å². The maximum absolute atomic E-state index is 12.0. The highest BCUT2D eigenvalue weighted by molar-refractivity contribution is 6.01. The Kier molecular flexibility index (Phi) is 3.11. The van der Waals surface area contributed by atoms with Crippen molar-refractivity contribution in [1.82, 2.24) is 5.32 Å². The first-order valence-corrected chi connectivity index (χ1v) is 6.55. The first-order valence-electron chi connectivity index (χ1n) is 6.55. The fraction of sp³-hybridized carbons (Fsp3) is 0.312. The van der Waals surface area contributed by atoms with Crippen molar-refractivity contribution in [1.29, 1.82) is 0 Å². The third kappa shape index (κ3) is 2.59. The van der Waals surface area contributed by atoms with Crippen molar-refractivity contribution in [2.75, 3.05) is 13.1 Å². The summed E-state index contributed by atoms with van der Waals surface area (Å²) in [4.78, 5) is 12.0. The molecule has 0 unspecified atom stereocenters. The third-order valence-electron chi connectivity index (χ3n) is 3.49. The molecular formula is C16H17NO. The monoisotopic (exact) mass is 239 g/mol. The second-order valence-electron chi connectivity index (χ2n) is 5.06. The molecule has 0 spiro atoms. The maximum atomic E-state index is 12.0. The SMILES string of the molecule is O=C(CNCC1CC1)c1ccc2ccccc2c1. The Morgan fingerprint density at radius 3 is 2.67 bits per heavy atom. The topological polar surface area (TPSA) is 29.1 Å². The fourth-order valence-corrected chi connectivity index (χ4v) is 2.18. The Bertz CT molecular complexity index is 572. The highest BCUT2D eigenvalue weighted by atomic mass is 16.1. The lowest BCUT2D eigenvalue weighted by Crippen LogP contribution is -2.24. The number of carbonyl (C=O) groups excluding carboxylic acids is 1. The molecule has 2 nitrogen and oxygen atoms in total. The molecule has 0 heterocycles. The first-order chi connectivity index (χ1) is 8.83. The standard InChI is InChI=1S/C16H17NO/c18-16(11-17-10-12-5-6-12)15-8-7-13-3-1-2-4-14(13)9-15/h1-4,7-9,12,17H,5-6,10-11H2. The Morgan fingerprint density at radius 1 is 1.11 bits per heavy atom. The molecule has 0 aliphatic heterocycles. The Morgan fingerprint density at radius 2 is 1.89 bits per heavy atom.